The first kappa shape index (κ1) is 12.2. The van der Waals surface area contributed by atoms with Crippen molar-refractivity contribution in [3.8, 4) is 0 Å². The topological polar surface area (TPSA) is 33.4 Å². The van der Waals surface area contributed by atoms with Crippen molar-refractivity contribution in [1.29, 1.82) is 0 Å². The monoisotopic (exact) mass is 252 g/mol. The summed E-state index contributed by atoms with van der Waals surface area (Å²) in [6.07, 6.45) is 3.21. The zero-order valence-electron chi connectivity index (χ0n) is 9.17. The Kier molecular flexibility index (Phi) is 4.23. The summed E-state index contributed by atoms with van der Waals surface area (Å²) >= 11 is 1.32. The molecule has 1 heterocycles. The maximum absolute atomic E-state index is 13.3. The Morgan fingerprint density at radius 1 is 1.29 bits per heavy atom. The van der Waals surface area contributed by atoms with E-state index in [4.69, 9.17) is 4.42 Å². The van der Waals surface area contributed by atoms with Crippen LogP contribution >= 0.6 is 11.8 Å². The van der Waals surface area contributed by atoms with E-state index in [-0.39, 0.29) is 5.82 Å². The Labute approximate surface area is 103 Å². The first-order valence-corrected chi connectivity index (χ1v) is 6.31. The highest BCUT2D eigenvalue weighted by atomic mass is 32.2. The van der Waals surface area contributed by atoms with Gasteiger partial charge in [-0.25, -0.2) is 4.39 Å². The quantitative estimate of drug-likeness (QED) is 0.830. The fourth-order valence-electron chi connectivity index (χ4n) is 1.49. The van der Waals surface area contributed by atoms with E-state index in [0.717, 1.165) is 5.56 Å². The van der Waals surface area contributed by atoms with Crippen LogP contribution in [0.3, 0.4) is 0 Å². The van der Waals surface area contributed by atoms with Crippen molar-refractivity contribution in [1.82, 2.24) is 0 Å². The van der Waals surface area contributed by atoms with Crippen LogP contribution in [-0.2, 0) is 6.42 Å². The SMILES string of the molecule is OC(CSc1ccccc1F)Cc1ccoc1. The van der Waals surface area contributed by atoms with E-state index in [1.807, 2.05) is 6.07 Å². The molecule has 0 amide bonds. The lowest BCUT2D eigenvalue weighted by Gasteiger charge is -2.09. The third-order valence-electron chi connectivity index (χ3n) is 2.32. The minimum atomic E-state index is -0.503. The number of rotatable bonds is 5. The Bertz CT molecular complexity index is 456. The summed E-state index contributed by atoms with van der Waals surface area (Å²) in [5.74, 6) is 0.222. The molecule has 2 nitrogen and oxygen atoms in total. The summed E-state index contributed by atoms with van der Waals surface area (Å²) in [5, 5.41) is 9.79. The lowest BCUT2D eigenvalue weighted by molar-refractivity contribution is 0.200. The largest absolute Gasteiger partial charge is 0.472 e. The van der Waals surface area contributed by atoms with Crippen LogP contribution in [-0.4, -0.2) is 17.0 Å². The first-order chi connectivity index (χ1) is 8.25. The van der Waals surface area contributed by atoms with Gasteiger partial charge in [-0.2, -0.15) is 0 Å². The number of hydrogen-bond donors (Lipinski definition) is 1. The fourth-order valence-corrected chi connectivity index (χ4v) is 2.36. The molecule has 1 N–H and O–H groups in total. The molecular weight excluding hydrogens is 239 g/mol. The maximum atomic E-state index is 13.3. The third kappa shape index (κ3) is 3.61. The molecule has 0 saturated carbocycles. The van der Waals surface area contributed by atoms with Crippen LogP contribution in [0.1, 0.15) is 5.56 Å². The summed E-state index contributed by atoms with van der Waals surface area (Å²) in [7, 11) is 0. The van der Waals surface area contributed by atoms with Gasteiger partial charge in [0.1, 0.15) is 5.82 Å². The van der Waals surface area contributed by atoms with Gasteiger partial charge < -0.3 is 9.52 Å². The van der Waals surface area contributed by atoms with Crippen molar-refractivity contribution in [2.75, 3.05) is 5.75 Å². The van der Waals surface area contributed by atoms with Gasteiger partial charge in [-0.15, -0.1) is 11.8 Å². The van der Waals surface area contributed by atoms with E-state index >= 15 is 0 Å². The second kappa shape index (κ2) is 5.89. The summed E-state index contributed by atoms with van der Waals surface area (Å²) < 4.78 is 18.2. The molecule has 1 atom stereocenters. The first-order valence-electron chi connectivity index (χ1n) is 5.32. The number of aliphatic hydroxyl groups excluding tert-OH is 1. The predicted molar refractivity (Wildman–Crippen MR) is 65.5 cm³/mol. The molecular formula is C13H13FO2S. The number of furan rings is 1. The Morgan fingerprint density at radius 3 is 2.82 bits per heavy atom. The van der Waals surface area contributed by atoms with Gasteiger partial charge in [0.2, 0.25) is 0 Å². The van der Waals surface area contributed by atoms with E-state index in [9.17, 15) is 9.50 Å². The highest BCUT2D eigenvalue weighted by molar-refractivity contribution is 7.99. The van der Waals surface area contributed by atoms with Gasteiger partial charge in [-0.1, -0.05) is 12.1 Å². The molecule has 0 bridgehead atoms. The molecule has 0 aliphatic rings. The number of thioether (sulfide) groups is 1. The van der Waals surface area contributed by atoms with Crippen molar-refractivity contribution < 1.29 is 13.9 Å². The molecule has 1 aromatic heterocycles. The molecule has 0 aliphatic carbocycles. The maximum Gasteiger partial charge on any atom is 0.136 e. The molecule has 2 aromatic rings. The summed E-state index contributed by atoms with van der Waals surface area (Å²) in [5.41, 5.74) is 0.951. The van der Waals surface area contributed by atoms with Crippen molar-refractivity contribution in [3.05, 3.63) is 54.2 Å². The smallest absolute Gasteiger partial charge is 0.136 e. The van der Waals surface area contributed by atoms with Crippen LogP contribution in [0.15, 0.2) is 52.2 Å². The van der Waals surface area contributed by atoms with E-state index < -0.39 is 6.10 Å². The molecule has 2 rings (SSSR count). The van der Waals surface area contributed by atoms with Crippen molar-refractivity contribution >= 4 is 11.8 Å². The van der Waals surface area contributed by atoms with Gasteiger partial charge >= 0.3 is 0 Å². The van der Waals surface area contributed by atoms with Crippen LogP contribution in [0.25, 0.3) is 0 Å². The number of hydrogen-bond acceptors (Lipinski definition) is 3. The standard InChI is InChI=1S/C13H13FO2S/c14-12-3-1-2-4-13(12)17-9-11(15)7-10-5-6-16-8-10/h1-6,8,11,15H,7,9H2. The summed E-state index contributed by atoms with van der Waals surface area (Å²) in [4.78, 5) is 0.568. The lowest BCUT2D eigenvalue weighted by Crippen LogP contribution is -2.13. The molecule has 17 heavy (non-hydrogen) atoms. The van der Waals surface area contributed by atoms with Gasteiger partial charge in [0, 0.05) is 17.1 Å². The van der Waals surface area contributed by atoms with Crippen LogP contribution in [0.5, 0.6) is 0 Å². The highest BCUT2D eigenvalue weighted by Crippen LogP contribution is 2.22. The third-order valence-corrected chi connectivity index (χ3v) is 3.51. The fraction of sp³-hybridized carbons (Fsp3) is 0.231. The van der Waals surface area contributed by atoms with E-state index in [1.54, 1.807) is 30.7 Å². The van der Waals surface area contributed by atoms with Crippen LogP contribution in [0.4, 0.5) is 4.39 Å². The van der Waals surface area contributed by atoms with Crippen LogP contribution in [0, 0.1) is 5.82 Å². The van der Waals surface area contributed by atoms with Crippen LogP contribution < -0.4 is 0 Å². The van der Waals surface area contributed by atoms with Gasteiger partial charge in [0.15, 0.2) is 0 Å². The van der Waals surface area contributed by atoms with Crippen molar-refractivity contribution in [3.63, 3.8) is 0 Å². The van der Waals surface area contributed by atoms with E-state index in [2.05, 4.69) is 0 Å². The number of aliphatic hydroxyl groups is 1. The minimum absolute atomic E-state index is 0.243. The second-order valence-corrected chi connectivity index (χ2v) is 4.79. The number of benzene rings is 1. The van der Waals surface area contributed by atoms with Crippen LogP contribution in [0.2, 0.25) is 0 Å². The average Bonchev–Trinajstić information content (AvgIpc) is 2.81. The second-order valence-electron chi connectivity index (χ2n) is 3.73. The molecule has 0 aliphatic heterocycles. The Morgan fingerprint density at radius 2 is 2.12 bits per heavy atom. The highest BCUT2D eigenvalue weighted by Gasteiger charge is 2.09. The summed E-state index contributed by atoms with van der Waals surface area (Å²) in [6.45, 7) is 0. The average molecular weight is 252 g/mol. The van der Waals surface area contributed by atoms with Gasteiger partial charge in [-0.3, -0.25) is 0 Å². The zero-order valence-corrected chi connectivity index (χ0v) is 9.99. The molecule has 0 spiro atoms. The van der Waals surface area contributed by atoms with Crippen molar-refractivity contribution in [2.24, 2.45) is 0 Å². The molecule has 0 fully saturated rings. The van der Waals surface area contributed by atoms with Crippen molar-refractivity contribution in [2.45, 2.75) is 17.4 Å². The molecule has 4 heteroatoms. The molecule has 90 valence electrons. The van der Waals surface area contributed by atoms with E-state index in [1.165, 1.54) is 17.8 Å². The molecule has 1 unspecified atom stereocenters. The zero-order chi connectivity index (χ0) is 12.1. The predicted octanol–water partition coefficient (Wildman–Crippen LogP) is 3.11. The normalized spacial score (nSPS) is 12.6. The number of halogens is 1. The lowest BCUT2D eigenvalue weighted by atomic mass is 10.2. The Balaban J connectivity index is 1.84. The minimum Gasteiger partial charge on any atom is -0.472 e. The van der Waals surface area contributed by atoms with Gasteiger partial charge in [-0.05, 0) is 23.8 Å². The summed E-state index contributed by atoms with van der Waals surface area (Å²) in [6, 6.07) is 8.39. The Hall–Kier alpha value is -1.26. The molecule has 0 radical (unpaired) electrons. The molecule has 0 saturated heterocycles. The van der Waals surface area contributed by atoms with E-state index in [0.29, 0.717) is 17.1 Å². The van der Waals surface area contributed by atoms with Gasteiger partial charge in [0.05, 0.1) is 18.6 Å². The molecule has 1 aromatic carbocycles. The van der Waals surface area contributed by atoms with Gasteiger partial charge in [0.25, 0.3) is 0 Å².